The number of hydrogen-bond donors (Lipinski definition) is 1. The lowest BCUT2D eigenvalue weighted by Crippen LogP contribution is -2.12. The molecule has 0 amide bonds. The van der Waals surface area contributed by atoms with Gasteiger partial charge in [-0.25, -0.2) is 0 Å². The third-order valence-corrected chi connectivity index (χ3v) is 2.77. The third-order valence-electron chi connectivity index (χ3n) is 2.27. The van der Waals surface area contributed by atoms with Gasteiger partial charge in [0.1, 0.15) is 0 Å². The van der Waals surface area contributed by atoms with Crippen LogP contribution in [0.15, 0.2) is 22.7 Å². The summed E-state index contributed by atoms with van der Waals surface area (Å²) in [6.07, 6.45) is -3.69. The van der Waals surface area contributed by atoms with Crippen molar-refractivity contribution in [1.29, 1.82) is 0 Å². The van der Waals surface area contributed by atoms with Crippen LogP contribution in [0.25, 0.3) is 0 Å². The Hall–Kier alpha value is -0.750. The summed E-state index contributed by atoms with van der Waals surface area (Å²) in [5.74, 6) is 0. The van der Waals surface area contributed by atoms with Crippen LogP contribution in [-0.4, -0.2) is 19.8 Å². The van der Waals surface area contributed by atoms with Crippen molar-refractivity contribution in [2.45, 2.75) is 19.5 Å². The highest BCUT2D eigenvalue weighted by Gasteiger charge is 2.33. The first-order valence-corrected chi connectivity index (χ1v) is 6.42. The van der Waals surface area contributed by atoms with Gasteiger partial charge in [-0.3, -0.25) is 0 Å². The highest BCUT2D eigenvalue weighted by Crippen LogP contribution is 2.36. The molecule has 0 aromatic heterocycles. The summed E-state index contributed by atoms with van der Waals surface area (Å²) in [6, 6.07) is 4.08. The Labute approximate surface area is 113 Å². The summed E-state index contributed by atoms with van der Waals surface area (Å²) in [5.41, 5.74) is -0.560. The number of ether oxygens (including phenoxy) is 1. The van der Waals surface area contributed by atoms with Gasteiger partial charge in [0.25, 0.3) is 0 Å². The van der Waals surface area contributed by atoms with Gasteiger partial charge in [0.2, 0.25) is 0 Å². The summed E-state index contributed by atoms with van der Waals surface area (Å²) in [5, 5.41) is 2.79. The summed E-state index contributed by atoms with van der Waals surface area (Å²) in [4.78, 5) is 0. The average molecular weight is 326 g/mol. The molecule has 102 valence electrons. The standard InChI is InChI=1S/C12H15BrF3NO/c1-2-18-7-3-6-17-11-5-4-9(13)8-10(11)12(14,15)16/h4-5,8,17H,2-3,6-7H2,1H3. The van der Waals surface area contributed by atoms with E-state index in [0.717, 1.165) is 6.07 Å². The normalized spacial score (nSPS) is 11.6. The van der Waals surface area contributed by atoms with Crippen molar-refractivity contribution in [2.75, 3.05) is 25.1 Å². The molecule has 0 atom stereocenters. The summed E-state index contributed by atoms with van der Waals surface area (Å²) >= 11 is 3.04. The molecule has 0 bridgehead atoms. The zero-order valence-corrected chi connectivity index (χ0v) is 11.6. The molecule has 0 heterocycles. The lowest BCUT2D eigenvalue weighted by Gasteiger charge is -2.15. The van der Waals surface area contributed by atoms with Crippen molar-refractivity contribution in [1.82, 2.24) is 0 Å². The third kappa shape index (κ3) is 4.86. The number of alkyl halides is 3. The van der Waals surface area contributed by atoms with E-state index in [9.17, 15) is 13.2 Å². The van der Waals surface area contributed by atoms with Crippen molar-refractivity contribution in [3.8, 4) is 0 Å². The molecule has 18 heavy (non-hydrogen) atoms. The minimum atomic E-state index is -4.36. The van der Waals surface area contributed by atoms with Gasteiger partial charge < -0.3 is 10.1 Å². The van der Waals surface area contributed by atoms with Gasteiger partial charge in [-0.05, 0) is 31.5 Å². The molecule has 1 aromatic rings. The second-order valence-corrected chi connectivity index (χ2v) is 4.58. The number of benzene rings is 1. The molecule has 0 aliphatic rings. The second-order valence-electron chi connectivity index (χ2n) is 3.66. The number of hydrogen-bond acceptors (Lipinski definition) is 2. The van der Waals surface area contributed by atoms with Crippen molar-refractivity contribution < 1.29 is 17.9 Å². The fourth-order valence-corrected chi connectivity index (χ4v) is 1.81. The predicted octanol–water partition coefficient (Wildman–Crippen LogP) is 4.31. The van der Waals surface area contributed by atoms with E-state index in [4.69, 9.17) is 4.74 Å². The zero-order chi connectivity index (χ0) is 13.6. The number of halogens is 4. The Morgan fingerprint density at radius 3 is 2.67 bits per heavy atom. The Kier molecular flexibility index (Phi) is 5.95. The Morgan fingerprint density at radius 1 is 1.33 bits per heavy atom. The van der Waals surface area contributed by atoms with Crippen LogP contribution >= 0.6 is 15.9 Å². The van der Waals surface area contributed by atoms with Gasteiger partial charge >= 0.3 is 6.18 Å². The van der Waals surface area contributed by atoms with Gasteiger partial charge in [-0.2, -0.15) is 13.2 Å². The maximum Gasteiger partial charge on any atom is 0.418 e. The quantitative estimate of drug-likeness (QED) is 0.787. The van der Waals surface area contributed by atoms with Gasteiger partial charge in [-0.1, -0.05) is 15.9 Å². The average Bonchev–Trinajstić information content (AvgIpc) is 2.29. The molecule has 0 unspecified atom stereocenters. The van der Waals surface area contributed by atoms with Crippen LogP contribution in [0.2, 0.25) is 0 Å². The fourth-order valence-electron chi connectivity index (χ4n) is 1.45. The van der Waals surface area contributed by atoms with E-state index in [1.807, 2.05) is 6.92 Å². The maximum absolute atomic E-state index is 12.8. The van der Waals surface area contributed by atoms with E-state index >= 15 is 0 Å². The van der Waals surface area contributed by atoms with Crippen LogP contribution in [0.4, 0.5) is 18.9 Å². The van der Waals surface area contributed by atoms with Gasteiger partial charge in [-0.15, -0.1) is 0 Å². The lowest BCUT2D eigenvalue weighted by molar-refractivity contribution is -0.137. The number of anilines is 1. The molecule has 1 N–H and O–H groups in total. The second kappa shape index (κ2) is 6.99. The van der Waals surface area contributed by atoms with Crippen LogP contribution in [0.5, 0.6) is 0 Å². The van der Waals surface area contributed by atoms with Crippen LogP contribution in [-0.2, 0) is 10.9 Å². The molecular weight excluding hydrogens is 311 g/mol. The molecule has 0 saturated heterocycles. The fraction of sp³-hybridized carbons (Fsp3) is 0.500. The van der Waals surface area contributed by atoms with E-state index in [2.05, 4.69) is 21.2 Å². The van der Waals surface area contributed by atoms with E-state index in [1.54, 1.807) is 6.07 Å². The van der Waals surface area contributed by atoms with Crippen molar-refractivity contribution >= 4 is 21.6 Å². The molecule has 2 nitrogen and oxygen atoms in total. The summed E-state index contributed by atoms with van der Waals surface area (Å²) in [7, 11) is 0. The van der Waals surface area contributed by atoms with Crippen LogP contribution in [0.3, 0.4) is 0 Å². The first-order chi connectivity index (χ1) is 8.45. The van der Waals surface area contributed by atoms with Crippen molar-refractivity contribution in [3.05, 3.63) is 28.2 Å². The SMILES string of the molecule is CCOCCCNc1ccc(Br)cc1C(F)(F)F. The summed E-state index contributed by atoms with van der Waals surface area (Å²) in [6.45, 7) is 3.49. The molecule has 0 aliphatic carbocycles. The van der Waals surface area contributed by atoms with Crippen LogP contribution in [0.1, 0.15) is 18.9 Å². The lowest BCUT2D eigenvalue weighted by atomic mass is 10.1. The minimum Gasteiger partial charge on any atom is -0.384 e. The largest absolute Gasteiger partial charge is 0.418 e. The minimum absolute atomic E-state index is 0.0993. The molecule has 0 radical (unpaired) electrons. The highest BCUT2D eigenvalue weighted by atomic mass is 79.9. The molecule has 0 spiro atoms. The molecule has 0 aliphatic heterocycles. The van der Waals surface area contributed by atoms with Gasteiger partial charge in [0.15, 0.2) is 0 Å². The number of rotatable bonds is 6. The molecule has 1 aromatic carbocycles. The smallest absolute Gasteiger partial charge is 0.384 e. The molecule has 1 rings (SSSR count). The Balaban J connectivity index is 2.65. The van der Waals surface area contributed by atoms with E-state index < -0.39 is 11.7 Å². The molecule has 0 saturated carbocycles. The van der Waals surface area contributed by atoms with Crippen molar-refractivity contribution in [3.63, 3.8) is 0 Å². The first kappa shape index (κ1) is 15.3. The first-order valence-electron chi connectivity index (χ1n) is 5.63. The highest BCUT2D eigenvalue weighted by molar-refractivity contribution is 9.10. The van der Waals surface area contributed by atoms with E-state index in [1.165, 1.54) is 6.07 Å². The van der Waals surface area contributed by atoms with Crippen LogP contribution < -0.4 is 5.32 Å². The summed E-state index contributed by atoms with van der Waals surface area (Å²) < 4.78 is 43.8. The van der Waals surface area contributed by atoms with E-state index in [-0.39, 0.29) is 5.69 Å². The Bertz CT molecular complexity index is 382. The van der Waals surface area contributed by atoms with Gasteiger partial charge in [0.05, 0.1) is 5.56 Å². The topological polar surface area (TPSA) is 21.3 Å². The van der Waals surface area contributed by atoms with Crippen molar-refractivity contribution in [2.24, 2.45) is 0 Å². The van der Waals surface area contributed by atoms with E-state index in [0.29, 0.717) is 30.7 Å². The monoisotopic (exact) mass is 325 g/mol. The molecule has 0 fully saturated rings. The Morgan fingerprint density at radius 2 is 2.06 bits per heavy atom. The zero-order valence-electron chi connectivity index (χ0n) is 9.98. The predicted molar refractivity (Wildman–Crippen MR) is 68.7 cm³/mol. The number of nitrogens with one attached hydrogen (secondary N) is 1. The molecular formula is C12H15BrF3NO. The van der Waals surface area contributed by atoms with Gasteiger partial charge in [0, 0.05) is 29.9 Å². The molecule has 6 heteroatoms. The maximum atomic E-state index is 12.8. The van der Waals surface area contributed by atoms with Crippen LogP contribution in [0, 0.1) is 0 Å².